The van der Waals surface area contributed by atoms with E-state index in [0.29, 0.717) is 18.2 Å². The number of halogens is 1. The van der Waals surface area contributed by atoms with E-state index in [4.69, 9.17) is 0 Å². The lowest BCUT2D eigenvalue weighted by Gasteiger charge is -2.28. The molecular formula is C36H37FN2O4S. The maximum Gasteiger partial charge on any atom is 0.339 e. The number of carboxylic acid groups (broad SMARTS) is 1. The summed E-state index contributed by atoms with van der Waals surface area (Å²) in [5.74, 6) is -1.69. The van der Waals surface area contributed by atoms with Crippen LogP contribution >= 0.6 is 11.9 Å². The smallest absolute Gasteiger partial charge is 0.339 e. The monoisotopic (exact) mass is 612 g/mol. The van der Waals surface area contributed by atoms with Crippen molar-refractivity contribution in [1.82, 2.24) is 4.31 Å². The van der Waals surface area contributed by atoms with E-state index in [1.54, 1.807) is 17.0 Å². The van der Waals surface area contributed by atoms with Crippen molar-refractivity contribution in [1.29, 1.82) is 0 Å². The van der Waals surface area contributed by atoms with Crippen LogP contribution in [0.25, 0.3) is 0 Å². The molecular weight excluding hydrogens is 575 g/mol. The number of aromatic carboxylic acids is 1. The highest BCUT2D eigenvalue weighted by molar-refractivity contribution is 7.97. The molecule has 1 aliphatic carbocycles. The Morgan fingerprint density at radius 3 is 2.25 bits per heavy atom. The molecule has 5 rings (SSSR count). The minimum Gasteiger partial charge on any atom is -0.507 e. The van der Waals surface area contributed by atoms with Gasteiger partial charge in [-0.25, -0.2) is 13.5 Å². The lowest BCUT2D eigenvalue weighted by atomic mass is 9.84. The summed E-state index contributed by atoms with van der Waals surface area (Å²) < 4.78 is 15.9. The molecule has 0 heterocycles. The number of aryl methyl sites for hydroxylation is 1. The molecule has 6 nitrogen and oxygen atoms in total. The van der Waals surface area contributed by atoms with E-state index in [1.807, 2.05) is 53.7 Å². The third-order valence-electron chi connectivity index (χ3n) is 8.04. The molecule has 0 aliphatic heterocycles. The highest BCUT2D eigenvalue weighted by Gasteiger charge is 2.23. The molecule has 4 aromatic carbocycles. The first-order valence-corrected chi connectivity index (χ1v) is 15.7. The normalized spacial score (nSPS) is 13.6. The van der Waals surface area contributed by atoms with Crippen LogP contribution in [-0.4, -0.2) is 32.9 Å². The van der Waals surface area contributed by atoms with E-state index in [0.717, 1.165) is 21.6 Å². The molecule has 8 heteroatoms. The van der Waals surface area contributed by atoms with Gasteiger partial charge in [-0.3, -0.25) is 4.79 Å². The maximum absolute atomic E-state index is 14.1. The molecule has 2 N–H and O–H groups in total. The topological polar surface area (TPSA) is 81.1 Å². The molecule has 0 spiro atoms. The van der Waals surface area contributed by atoms with Gasteiger partial charge in [0.2, 0.25) is 5.91 Å². The fourth-order valence-corrected chi connectivity index (χ4v) is 6.59. The van der Waals surface area contributed by atoms with Crippen molar-refractivity contribution < 1.29 is 24.2 Å². The maximum atomic E-state index is 14.1. The summed E-state index contributed by atoms with van der Waals surface area (Å²) >= 11 is 1.41. The number of amides is 1. The van der Waals surface area contributed by atoms with Crippen LogP contribution in [0.1, 0.15) is 70.6 Å². The van der Waals surface area contributed by atoms with Crippen molar-refractivity contribution in [3.63, 3.8) is 0 Å². The molecule has 1 saturated carbocycles. The van der Waals surface area contributed by atoms with Gasteiger partial charge in [-0.15, -0.1) is 0 Å². The van der Waals surface area contributed by atoms with Crippen LogP contribution in [0, 0.1) is 12.7 Å². The number of hydrogen-bond donors (Lipinski definition) is 2. The molecule has 228 valence electrons. The molecule has 1 fully saturated rings. The number of rotatable bonds is 11. The van der Waals surface area contributed by atoms with Crippen molar-refractivity contribution in [3.8, 4) is 5.75 Å². The Balaban J connectivity index is 1.42. The van der Waals surface area contributed by atoms with Gasteiger partial charge in [0, 0.05) is 23.2 Å². The Morgan fingerprint density at radius 2 is 1.59 bits per heavy atom. The van der Waals surface area contributed by atoms with E-state index in [1.165, 1.54) is 73.9 Å². The predicted octanol–water partition coefficient (Wildman–Crippen LogP) is 8.33. The minimum absolute atomic E-state index is 0.0172. The number of nitrogens with zero attached hydrogens (tertiary/aromatic N) is 2. The third-order valence-corrected chi connectivity index (χ3v) is 9.04. The van der Waals surface area contributed by atoms with Gasteiger partial charge >= 0.3 is 5.97 Å². The standard InChI is InChI=1S/C36H37FN2O4S/c1-25-10-17-32(18-11-25)44-38(22-27-6-5-9-30(37)20-27)24-35(41)39(31-16-19-33(36(42)43)34(40)21-31)23-26-12-14-29(15-13-26)28-7-3-2-4-8-28/h5-6,9-21,28,40H,2-4,7-8,22-24H2,1H3,(H,42,43). The first-order valence-electron chi connectivity index (χ1n) is 14.9. The van der Waals surface area contributed by atoms with Crippen LogP contribution in [0.5, 0.6) is 5.75 Å². The zero-order valence-electron chi connectivity index (χ0n) is 24.8. The van der Waals surface area contributed by atoms with Gasteiger partial charge in [0.25, 0.3) is 0 Å². The van der Waals surface area contributed by atoms with Crippen molar-refractivity contribution in [2.45, 2.75) is 62.9 Å². The van der Waals surface area contributed by atoms with Gasteiger partial charge in [-0.1, -0.05) is 73.4 Å². The molecule has 4 aromatic rings. The molecule has 1 aliphatic rings. The quantitative estimate of drug-likeness (QED) is 0.166. The number of benzene rings is 4. The summed E-state index contributed by atoms with van der Waals surface area (Å²) in [6.07, 6.45) is 6.17. The van der Waals surface area contributed by atoms with E-state index >= 15 is 0 Å². The van der Waals surface area contributed by atoms with Crippen LogP contribution in [0.3, 0.4) is 0 Å². The highest BCUT2D eigenvalue weighted by atomic mass is 32.2. The minimum atomic E-state index is -1.25. The molecule has 0 bridgehead atoms. The predicted molar refractivity (Wildman–Crippen MR) is 172 cm³/mol. The summed E-state index contributed by atoms with van der Waals surface area (Å²) in [4.78, 5) is 28.2. The number of carbonyl (C=O) groups excluding carboxylic acids is 1. The number of anilines is 1. The molecule has 44 heavy (non-hydrogen) atoms. The SMILES string of the molecule is Cc1ccc(SN(CC(=O)N(Cc2ccc(C3CCCCC3)cc2)c2ccc(C(=O)O)c(O)c2)Cc2cccc(F)c2)cc1. The first-order chi connectivity index (χ1) is 21.2. The fraction of sp³-hybridized carbons (Fsp3) is 0.278. The molecule has 0 radical (unpaired) electrons. The van der Waals surface area contributed by atoms with E-state index in [-0.39, 0.29) is 30.4 Å². The van der Waals surface area contributed by atoms with Crippen molar-refractivity contribution in [2.24, 2.45) is 0 Å². The van der Waals surface area contributed by atoms with E-state index in [2.05, 4.69) is 12.1 Å². The second kappa shape index (κ2) is 14.6. The van der Waals surface area contributed by atoms with Crippen LogP contribution in [0.4, 0.5) is 10.1 Å². The van der Waals surface area contributed by atoms with Gasteiger partial charge in [0.15, 0.2) is 0 Å². The number of aromatic hydroxyl groups is 1. The number of hydrogen-bond acceptors (Lipinski definition) is 5. The Bertz CT molecular complexity index is 1590. The molecule has 0 unspecified atom stereocenters. The van der Waals surface area contributed by atoms with Gasteiger partial charge in [0.1, 0.15) is 17.1 Å². The first kappa shape index (κ1) is 31.3. The van der Waals surface area contributed by atoms with Gasteiger partial charge in [0.05, 0.1) is 13.1 Å². The van der Waals surface area contributed by atoms with Crippen molar-refractivity contribution in [2.75, 3.05) is 11.4 Å². The zero-order chi connectivity index (χ0) is 31.1. The van der Waals surface area contributed by atoms with Crippen molar-refractivity contribution in [3.05, 3.63) is 125 Å². The fourth-order valence-electron chi connectivity index (χ4n) is 5.65. The Kier molecular flexibility index (Phi) is 10.4. The average Bonchev–Trinajstić information content (AvgIpc) is 3.01. The third kappa shape index (κ3) is 8.27. The van der Waals surface area contributed by atoms with Crippen LogP contribution < -0.4 is 4.90 Å². The number of carboxylic acids is 1. The van der Waals surface area contributed by atoms with Crippen LogP contribution in [0.15, 0.2) is 95.9 Å². The lowest BCUT2D eigenvalue weighted by Crippen LogP contribution is -2.37. The molecule has 1 amide bonds. The summed E-state index contributed by atoms with van der Waals surface area (Å²) in [5, 5.41) is 19.9. The van der Waals surface area contributed by atoms with Gasteiger partial charge in [-0.05, 0) is 90.7 Å². The molecule has 0 atom stereocenters. The summed E-state index contributed by atoms with van der Waals surface area (Å²) in [6, 6.07) is 26.8. The summed E-state index contributed by atoms with van der Waals surface area (Å²) in [6.45, 7) is 2.54. The van der Waals surface area contributed by atoms with E-state index in [9.17, 15) is 24.2 Å². The van der Waals surface area contributed by atoms with Crippen LogP contribution in [-0.2, 0) is 17.9 Å². The number of carbonyl (C=O) groups is 2. The average molecular weight is 613 g/mol. The van der Waals surface area contributed by atoms with Gasteiger partial charge < -0.3 is 15.1 Å². The molecule has 0 aromatic heterocycles. The Hall–Kier alpha value is -4.14. The van der Waals surface area contributed by atoms with E-state index < -0.39 is 11.7 Å². The Morgan fingerprint density at radius 1 is 0.864 bits per heavy atom. The molecule has 0 saturated heterocycles. The van der Waals surface area contributed by atoms with Crippen molar-refractivity contribution >= 4 is 29.5 Å². The second-order valence-electron chi connectivity index (χ2n) is 11.4. The second-order valence-corrected chi connectivity index (χ2v) is 12.6. The number of phenols is 1. The van der Waals surface area contributed by atoms with Gasteiger partial charge in [-0.2, -0.15) is 0 Å². The Labute approximate surface area is 262 Å². The lowest BCUT2D eigenvalue weighted by molar-refractivity contribution is -0.118. The summed E-state index contributed by atoms with van der Waals surface area (Å²) in [7, 11) is 0. The summed E-state index contributed by atoms with van der Waals surface area (Å²) in [5.41, 5.74) is 4.23. The van der Waals surface area contributed by atoms with Crippen LogP contribution in [0.2, 0.25) is 0 Å². The largest absolute Gasteiger partial charge is 0.507 e. The highest BCUT2D eigenvalue weighted by Crippen LogP contribution is 2.33. The zero-order valence-corrected chi connectivity index (χ0v) is 25.6.